The second kappa shape index (κ2) is 9.54. The first-order chi connectivity index (χ1) is 16.5. The van der Waals surface area contributed by atoms with Gasteiger partial charge in [-0.25, -0.2) is 15.0 Å². The van der Waals surface area contributed by atoms with Crippen LogP contribution in [0.25, 0.3) is 27.8 Å². The van der Waals surface area contributed by atoms with E-state index in [-0.39, 0.29) is 11.6 Å². The molecule has 0 saturated heterocycles. The Kier molecular flexibility index (Phi) is 6.32. The summed E-state index contributed by atoms with van der Waals surface area (Å²) in [6.07, 6.45) is 7.34. The van der Waals surface area contributed by atoms with Crippen molar-refractivity contribution in [1.29, 1.82) is 0 Å². The number of hydrogen-bond donors (Lipinski definition) is 1. The van der Waals surface area contributed by atoms with Crippen molar-refractivity contribution in [2.75, 3.05) is 12.3 Å². The Morgan fingerprint density at radius 3 is 2.68 bits per heavy atom. The third-order valence-electron chi connectivity index (χ3n) is 5.29. The molecule has 0 spiro atoms. The molecule has 0 radical (unpaired) electrons. The summed E-state index contributed by atoms with van der Waals surface area (Å²) in [5.74, 6) is 1.24. The zero-order valence-electron chi connectivity index (χ0n) is 17.8. The van der Waals surface area contributed by atoms with Crippen molar-refractivity contribution in [2.24, 2.45) is 0 Å². The van der Waals surface area contributed by atoms with Gasteiger partial charge in [0, 0.05) is 35.2 Å². The zero-order chi connectivity index (χ0) is 23.7. The predicted molar refractivity (Wildman–Crippen MR) is 136 cm³/mol. The highest BCUT2D eigenvalue weighted by molar-refractivity contribution is 6.43. The van der Waals surface area contributed by atoms with Gasteiger partial charge in [0.05, 0.1) is 23.9 Å². The van der Waals surface area contributed by atoms with Crippen molar-refractivity contribution in [1.82, 2.24) is 24.1 Å². The second-order valence-electron chi connectivity index (χ2n) is 7.54. The van der Waals surface area contributed by atoms with Crippen LogP contribution in [0.1, 0.15) is 10.7 Å². The lowest BCUT2D eigenvalue weighted by molar-refractivity contribution is 0.298. The molecule has 34 heavy (non-hydrogen) atoms. The first-order valence-electron chi connectivity index (χ1n) is 10.4. The van der Waals surface area contributed by atoms with Crippen molar-refractivity contribution in [3.05, 3.63) is 84.3 Å². The third kappa shape index (κ3) is 4.55. The van der Waals surface area contributed by atoms with Gasteiger partial charge in [-0.1, -0.05) is 53.0 Å². The number of aromatic nitrogens is 5. The highest BCUT2D eigenvalue weighted by Gasteiger charge is 2.20. The van der Waals surface area contributed by atoms with Crippen LogP contribution in [0.15, 0.2) is 73.4 Å². The molecule has 2 N–H and O–H groups in total. The van der Waals surface area contributed by atoms with Gasteiger partial charge in [-0.05, 0) is 29.8 Å². The quantitative estimate of drug-likeness (QED) is 0.267. The maximum Gasteiger partial charge on any atom is 0.167 e. The molecule has 172 valence electrons. The molecule has 10 heteroatoms. The number of rotatable bonds is 7. The van der Waals surface area contributed by atoms with Crippen LogP contribution in [0.3, 0.4) is 0 Å². The Balaban J connectivity index is 1.58. The van der Waals surface area contributed by atoms with E-state index in [4.69, 9.17) is 45.3 Å². The van der Waals surface area contributed by atoms with E-state index in [1.54, 1.807) is 12.5 Å². The molecule has 0 fully saturated rings. The number of hydrogen-bond acceptors (Lipinski definition) is 5. The van der Waals surface area contributed by atoms with Crippen molar-refractivity contribution in [3.63, 3.8) is 0 Å². The van der Waals surface area contributed by atoms with E-state index in [9.17, 15) is 0 Å². The molecule has 3 heterocycles. The normalized spacial score (nSPS) is 11.4. The lowest BCUT2D eigenvalue weighted by Gasteiger charge is -2.10. The molecule has 5 aromatic rings. The van der Waals surface area contributed by atoms with Crippen LogP contribution in [0.2, 0.25) is 5.02 Å². The molecule has 2 aromatic carbocycles. The van der Waals surface area contributed by atoms with E-state index in [0.717, 1.165) is 22.6 Å². The fourth-order valence-corrected chi connectivity index (χ4v) is 4.14. The van der Waals surface area contributed by atoms with Crippen molar-refractivity contribution >= 4 is 51.7 Å². The molecule has 5 rings (SSSR count). The number of benzene rings is 2. The van der Waals surface area contributed by atoms with Gasteiger partial charge in [-0.2, -0.15) is 0 Å². The van der Waals surface area contributed by atoms with E-state index in [0.29, 0.717) is 29.2 Å². The lowest BCUT2D eigenvalue weighted by Crippen LogP contribution is -2.07. The topological polar surface area (TPSA) is 83.8 Å². The van der Waals surface area contributed by atoms with Crippen LogP contribution in [0.5, 0.6) is 5.75 Å². The highest BCUT2D eigenvalue weighted by Crippen LogP contribution is 2.37. The largest absolute Gasteiger partial charge is 0.492 e. The molecule has 0 aliphatic carbocycles. The zero-order valence-corrected chi connectivity index (χ0v) is 20.0. The molecule has 0 aliphatic heterocycles. The van der Waals surface area contributed by atoms with E-state index in [1.807, 2.05) is 70.1 Å². The Bertz CT molecular complexity index is 1450. The minimum absolute atomic E-state index is 0.234. The van der Waals surface area contributed by atoms with Gasteiger partial charge in [-0.15, -0.1) is 0 Å². The molecule has 0 aliphatic rings. The van der Waals surface area contributed by atoms with Gasteiger partial charge in [-0.3, -0.25) is 0 Å². The van der Waals surface area contributed by atoms with Gasteiger partial charge in [0.2, 0.25) is 0 Å². The summed E-state index contributed by atoms with van der Waals surface area (Å²) in [5, 5.41) is 1.30. The monoisotopic (exact) mass is 512 g/mol. The van der Waals surface area contributed by atoms with Gasteiger partial charge in [0.15, 0.2) is 16.3 Å². The third-order valence-corrected chi connectivity index (χ3v) is 5.92. The maximum atomic E-state index is 6.36. The Morgan fingerprint density at radius 2 is 1.91 bits per heavy atom. The molecule has 7 nitrogen and oxygen atoms in total. The van der Waals surface area contributed by atoms with E-state index in [1.165, 1.54) is 0 Å². The standard InChI is InChI=1S/C24H19Cl3N6O/c25-16-4-1-3-15(11-16)19-13-33(24-20(19)22(28)30-23(31-24)21(26)27)17-5-2-6-18(12-17)34-10-9-32-8-7-29-14-32/h1-8,11-14,21H,9-10H2,(H2,28,30,31). The number of halogens is 3. The molecule has 3 aromatic heterocycles. The SMILES string of the molecule is Nc1nc(C(Cl)Cl)nc2c1c(-c1cccc(Cl)c1)cn2-c1cccc(OCCn2ccnc2)c1. The van der Waals surface area contributed by atoms with E-state index in [2.05, 4.69) is 15.0 Å². The van der Waals surface area contributed by atoms with Crippen LogP contribution in [-0.4, -0.2) is 30.7 Å². The molecule has 0 atom stereocenters. The average molecular weight is 514 g/mol. The van der Waals surface area contributed by atoms with Crippen molar-refractivity contribution in [2.45, 2.75) is 11.4 Å². The van der Waals surface area contributed by atoms with E-state index >= 15 is 0 Å². The van der Waals surface area contributed by atoms with Gasteiger partial charge >= 0.3 is 0 Å². The number of fused-ring (bicyclic) bond motifs is 1. The predicted octanol–water partition coefficient (Wildman–Crippen LogP) is 6.07. The molecule has 0 amide bonds. The molecule has 0 unspecified atom stereocenters. The maximum absolute atomic E-state index is 6.36. The number of imidazole rings is 1. The van der Waals surface area contributed by atoms with Crippen LogP contribution < -0.4 is 10.5 Å². The smallest absolute Gasteiger partial charge is 0.167 e. The van der Waals surface area contributed by atoms with Crippen molar-refractivity contribution < 1.29 is 4.74 Å². The van der Waals surface area contributed by atoms with Gasteiger partial charge in [0.1, 0.15) is 18.2 Å². The van der Waals surface area contributed by atoms with Crippen LogP contribution >= 0.6 is 34.8 Å². The fourth-order valence-electron chi connectivity index (χ4n) is 3.75. The van der Waals surface area contributed by atoms with Crippen LogP contribution in [0, 0.1) is 0 Å². The number of alkyl halides is 2. The Labute approximate surface area is 210 Å². The van der Waals surface area contributed by atoms with Gasteiger partial charge < -0.3 is 19.6 Å². The average Bonchev–Trinajstić information content (AvgIpc) is 3.47. The van der Waals surface area contributed by atoms with Crippen molar-refractivity contribution in [3.8, 4) is 22.6 Å². The Hall–Kier alpha value is -3.26. The summed E-state index contributed by atoms with van der Waals surface area (Å²) < 4.78 is 9.84. The lowest BCUT2D eigenvalue weighted by atomic mass is 10.1. The Morgan fingerprint density at radius 1 is 1.06 bits per heavy atom. The van der Waals surface area contributed by atoms with Crippen LogP contribution in [0.4, 0.5) is 5.82 Å². The van der Waals surface area contributed by atoms with Gasteiger partial charge in [0.25, 0.3) is 0 Å². The molecular weight excluding hydrogens is 495 g/mol. The highest BCUT2D eigenvalue weighted by atomic mass is 35.5. The summed E-state index contributed by atoms with van der Waals surface area (Å²) in [5.41, 5.74) is 9.51. The fraction of sp³-hybridized carbons (Fsp3) is 0.125. The first kappa shape index (κ1) is 22.5. The number of nitrogens with two attached hydrogens (primary N) is 1. The summed E-state index contributed by atoms with van der Waals surface area (Å²) in [6.45, 7) is 1.19. The van der Waals surface area contributed by atoms with E-state index < -0.39 is 4.84 Å². The van der Waals surface area contributed by atoms with Crippen LogP contribution in [-0.2, 0) is 6.54 Å². The number of ether oxygens (including phenoxy) is 1. The summed E-state index contributed by atoms with van der Waals surface area (Å²) in [6, 6.07) is 15.3. The number of nitrogens with zero attached hydrogens (tertiary/aromatic N) is 5. The second-order valence-corrected chi connectivity index (χ2v) is 9.07. The summed E-state index contributed by atoms with van der Waals surface area (Å²) >= 11 is 18.4. The molecule has 0 saturated carbocycles. The number of anilines is 1. The summed E-state index contributed by atoms with van der Waals surface area (Å²) in [4.78, 5) is 12.1. The minimum Gasteiger partial charge on any atom is -0.492 e. The molecular formula is C24H19Cl3N6O. The molecule has 0 bridgehead atoms. The first-order valence-corrected chi connectivity index (χ1v) is 11.7. The minimum atomic E-state index is -0.914. The summed E-state index contributed by atoms with van der Waals surface area (Å²) in [7, 11) is 0. The number of nitrogen functional groups attached to an aromatic ring is 1.